The molecular weight excluding hydrogens is 403 g/mol. The lowest BCUT2D eigenvalue weighted by atomic mass is 10.1. The molecule has 0 aliphatic rings. The van der Waals surface area contributed by atoms with Crippen molar-refractivity contribution in [1.29, 1.82) is 0 Å². The third-order valence-corrected chi connectivity index (χ3v) is 5.11. The summed E-state index contributed by atoms with van der Waals surface area (Å²) >= 11 is 0. The van der Waals surface area contributed by atoms with Gasteiger partial charge in [0.25, 0.3) is 0 Å². The molecule has 2 N–H and O–H groups in total. The Kier molecular flexibility index (Phi) is 5.25. The molecule has 0 saturated heterocycles. The Hall–Kier alpha value is -4.19. The lowest BCUT2D eigenvalue weighted by Gasteiger charge is -2.09. The van der Waals surface area contributed by atoms with E-state index in [9.17, 15) is 4.39 Å². The highest BCUT2D eigenvalue weighted by Gasteiger charge is 2.11. The lowest BCUT2D eigenvalue weighted by molar-refractivity contribution is 0.482. The molecule has 158 valence electrons. The quantitative estimate of drug-likeness (QED) is 0.325. The second kappa shape index (κ2) is 8.51. The fraction of sp³-hybridized carbons (Fsp3) is 0.0769. The SMILES string of the molecule is Cc1cc2c(F)c(Nc3ccnc(Cc4ccc(Oc5ccccc5)cc4)n3)ccc2[nH]1. The van der Waals surface area contributed by atoms with E-state index < -0.39 is 0 Å². The summed E-state index contributed by atoms with van der Waals surface area (Å²) in [6, 6.07) is 24.6. The molecule has 3 aromatic carbocycles. The molecule has 0 aliphatic heterocycles. The van der Waals surface area contributed by atoms with Gasteiger partial charge in [0.2, 0.25) is 0 Å². The molecular formula is C26H21FN4O. The van der Waals surface area contributed by atoms with Crippen LogP contribution in [0.25, 0.3) is 10.9 Å². The van der Waals surface area contributed by atoms with Gasteiger partial charge in [-0.05, 0) is 61.0 Å². The van der Waals surface area contributed by atoms with Crippen LogP contribution in [-0.4, -0.2) is 15.0 Å². The van der Waals surface area contributed by atoms with Crippen LogP contribution in [-0.2, 0) is 6.42 Å². The van der Waals surface area contributed by atoms with Gasteiger partial charge in [-0.15, -0.1) is 0 Å². The average molecular weight is 424 g/mol. The number of aromatic amines is 1. The van der Waals surface area contributed by atoms with E-state index in [-0.39, 0.29) is 5.82 Å². The molecule has 0 saturated carbocycles. The minimum atomic E-state index is -0.305. The molecule has 5 nitrogen and oxygen atoms in total. The number of nitrogens with zero attached hydrogens (tertiary/aromatic N) is 2. The third-order valence-electron chi connectivity index (χ3n) is 5.11. The normalized spacial score (nSPS) is 10.9. The van der Waals surface area contributed by atoms with Gasteiger partial charge >= 0.3 is 0 Å². The fourth-order valence-corrected chi connectivity index (χ4v) is 3.58. The van der Waals surface area contributed by atoms with Crippen molar-refractivity contribution in [1.82, 2.24) is 15.0 Å². The Morgan fingerprint density at radius 2 is 1.72 bits per heavy atom. The second-order valence-electron chi connectivity index (χ2n) is 7.56. The van der Waals surface area contributed by atoms with Crippen molar-refractivity contribution >= 4 is 22.4 Å². The van der Waals surface area contributed by atoms with Gasteiger partial charge in [0.05, 0.1) is 5.69 Å². The summed E-state index contributed by atoms with van der Waals surface area (Å²) in [4.78, 5) is 12.1. The zero-order valence-electron chi connectivity index (χ0n) is 17.5. The highest BCUT2D eigenvalue weighted by Crippen LogP contribution is 2.27. The second-order valence-corrected chi connectivity index (χ2v) is 7.56. The van der Waals surface area contributed by atoms with Gasteiger partial charge in [0.1, 0.15) is 23.1 Å². The van der Waals surface area contributed by atoms with Crippen LogP contribution >= 0.6 is 0 Å². The minimum absolute atomic E-state index is 0.305. The number of benzene rings is 3. The van der Waals surface area contributed by atoms with Gasteiger partial charge < -0.3 is 15.0 Å². The van der Waals surface area contributed by atoms with Crippen LogP contribution in [0.4, 0.5) is 15.9 Å². The lowest BCUT2D eigenvalue weighted by Crippen LogP contribution is -2.02. The summed E-state index contributed by atoms with van der Waals surface area (Å²) in [5, 5.41) is 3.63. The van der Waals surface area contributed by atoms with Gasteiger partial charge in [-0.3, -0.25) is 0 Å². The number of hydrogen-bond donors (Lipinski definition) is 2. The van der Waals surface area contributed by atoms with Gasteiger partial charge in [0.15, 0.2) is 5.82 Å². The molecule has 0 unspecified atom stereocenters. The van der Waals surface area contributed by atoms with Crippen molar-refractivity contribution in [2.75, 3.05) is 5.32 Å². The van der Waals surface area contributed by atoms with Crippen molar-refractivity contribution in [3.8, 4) is 11.5 Å². The zero-order valence-corrected chi connectivity index (χ0v) is 17.5. The highest BCUT2D eigenvalue weighted by atomic mass is 19.1. The van der Waals surface area contributed by atoms with Gasteiger partial charge in [-0.1, -0.05) is 30.3 Å². The van der Waals surface area contributed by atoms with Crippen molar-refractivity contribution in [3.63, 3.8) is 0 Å². The number of aromatic nitrogens is 3. The maximum absolute atomic E-state index is 14.9. The Labute approximate surface area is 184 Å². The molecule has 0 aliphatic carbocycles. The first kappa shape index (κ1) is 19.8. The first-order valence-corrected chi connectivity index (χ1v) is 10.3. The summed E-state index contributed by atoms with van der Waals surface area (Å²) in [5.74, 6) is 2.45. The zero-order chi connectivity index (χ0) is 21.9. The summed E-state index contributed by atoms with van der Waals surface area (Å²) in [5.41, 5.74) is 3.12. The molecule has 0 amide bonds. The van der Waals surface area contributed by atoms with Crippen LogP contribution in [0.1, 0.15) is 17.1 Å². The molecule has 5 aromatic rings. The predicted octanol–water partition coefficient (Wildman–Crippen LogP) is 6.53. The largest absolute Gasteiger partial charge is 0.457 e. The van der Waals surface area contributed by atoms with Crippen LogP contribution in [0.5, 0.6) is 11.5 Å². The topological polar surface area (TPSA) is 62.8 Å². The number of fused-ring (bicyclic) bond motifs is 1. The fourth-order valence-electron chi connectivity index (χ4n) is 3.58. The Morgan fingerprint density at radius 3 is 2.53 bits per heavy atom. The molecule has 2 heterocycles. The Morgan fingerprint density at radius 1 is 0.938 bits per heavy atom. The molecule has 0 radical (unpaired) electrons. The minimum Gasteiger partial charge on any atom is -0.457 e. The van der Waals surface area contributed by atoms with E-state index in [0.717, 1.165) is 28.3 Å². The van der Waals surface area contributed by atoms with Gasteiger partial charge in [-0.25, -0.2) is 14.4 Å². The van der Waals surface area contributed by atoms with Crippen molar-refractivity contribution in [2.45, 2.75) is 13.3 Å². The van der Waals surface area contributed by atoms with E-state index >= 15 is 0 Å². The van der Waals surface area contributed by atoms with Crippen LogP contribution in [0.2, 0.25) is 0 Å². The van der Waals surface area contributed by atoms with E-state index in [1.807, 2.05) is 67.6 Å². The summed E-state index contributed by atoms with van der Waals surface area (Å²) in [7, 11) is 0. The Balaban J connectivity index is 1.30. The van der Waals surface area contributed by atoms with Gasteiger partial charge in [-0.2, -0.15) is 0 Å². The predicted molar refractivity (Wildman–Crippen MR) is 124 cm³/mol. The average Bonchev–Trinajstić information content (AvgIpc) is 3.19. The standard InChI is InChI=1S/C26H21FN4O/c1-17-15-21-22(29-17)11-12-23(26(21)27)30-24-13-14-28-25(31-24)16-18-7-9-20(10-8-18)32-19-5-3-2-4-6-19/h2-15,29H,16H2,1H3,(H,28,30,31). The van der Waals surface area contributed by atoms with E-state index in [2.05, 4.69) is 20.3 Å². The summed E-state index contributed by atoms with van der Waals surface area (Å²) < 4.78 is 20.7. The molecule has 32 heavy (non-hydrogen) atoms. The molecule has 0 spiro atoms. The first-order chi connectivity index (χ1) is 15.6. The first-order valence-electron chi connectivity index (χ1n) is 10.3. The number of anilines is 2. The van der Waals surface area contributed by atoms with E-state index in [1.54, 1.807) is 24.4 Å². The summed E-state index contributed by atoms with van der Waals surface area (Å²) in [6.07, 6.45) is 2.23. The highest BCUT2D eigenvalue weighted by molar-refractivity contribution is 5.85. The number of halogens is 1. The number of rotatable bonds is 6. The molecule has 6 heteroatoms. The Bertz CT molecular complexity index is 1360. The number of aryl methyl sites for hydroxylation is 1. The maximum Gasteiger partial charge on any atom is 0.156 e. The smallest absolute Gasteiger partial charge is 0.156 e. The number of hydrogen-bond acceptors (Lipinski definition) is 4. The summed E-state index contributed by atoms with van der Waals surface area (Å²) in [6.45, 7) is 1.91. The van der Waals surface area contributed by atoms with E-state index in [0.29, 0.717) is 29.1 Å². The van der Waals surface area contributed by atoms with E-state index in [4.69, 9.17) is 4.74 Å². The number of H-pyrrole nitrogens is 1. The van der Waals surface area contributed by atoms with Crippen molar-refractivity contribution in [2.24, 2.45) is 0 Å². The molecule has 2 aromatic heterocycles. The third kappa shape index (κ3) is 4.30. The van der Waals surface area contributed by atoms with Crippen LogP contribution in [0.3, 0.4) is 0 Å². The number of nitrogens with one attached hydrogen (secondary N) is 2. The van der Waals surface area contributed by atoms with Crippen LogP contribution in [0, 0.1) is 12.7 Å². The van der Waals surface area contributed by atoms with E-state index in [1.165, 1.54) is 0 Å². The molecule has 5 rings (SSSR count). The van der Waals surface area contributed by atoms with Crippen LogP contribution < -0.4 is 10.1 Å². The maximum atomic E-state index is 14.9. The van der Waals surface area contributed by atoms with Crippen molar-refractivity contribution in [3.05, 3.63) is 108 Å². The number of para-hydroxylation sites is 1. The van der Waals surface area contributed by atoms with Gasteiger partial charge in [0, 0.05) is 29.2 Å². The molecule has 0 atom stereocenters. The molecule has 0 fully saturated rings. The van der Waals surface area contributed by atoms with Crippen LogP contribution in [0.15, 0.2) is 85.1 Å². The molecule has 0 bridgehead atoms. The monoisotopic (exact) mass is 424 g/mol. The van der Waals surface area contributed by atoms with Crippen molar-refractivity contribution < 1.29 is 9.13 Å². The number of ether oxygens (including phenoxy) is 1.